The lowest BCUT2D eigenvalue weighted by Gasteiger charge is -2.39. The Morgan fingerprint density at radius 1 is 0.857 bits per heavy atom. The molecular weight excluding hydrogens is 348 g/mol. The largest absolute Gasteiger partial charge is 0.545 e. The van der Waals surface area contributed by atoms with Crippen molar-refractivity contribution in [1.82, 2.24) is 0 Å². The fraction of sp³-hybridized carbons (Fsp3) is 0.667. The Morgan fingerprint density at radius 2 is 1.25 bits per heavy atom. The highest BCUT2D eigenvalue weighted by Crippen LogP contribution is 2.16. The molecule has 4 heteroatoms. The van der Waals surface area contributed by atoms with Crippen LogP contribution in [0.25, 0.3) is 0 Å². The topological polar surface area (TPSA) is 63.9 Å². The van der Waals surface area contributed by atoms with Gasteiger partial charge in [0.25, 0.3) is 0 Å². The molecule has 0 radical (unpaired) electrons. The molecule has 0 heterocycles. The number of carboxylic acid groups (broad SMARTS) is 1. The zero-order valence-corrected chi connectivity index (χ0v) is 18.5. The highest BCUT2D eigenvalue weighted by atomic mass is 16.4. The number of carbonyl (C=O) groups is 1. The molecular formula is C24H40N2O2. The van der Waals surface area contributed by atoms with Gasteiger partial charge in [-0.1, -0.05) is 71.6 Å². The fourth-order valence-electron chi connectivity index (χ4n) is 3.40. The summed E-state index contributed by atoms with van der Waals surface area (Å²) in [6, 6.07) is 7.68. The van der Waals surface area contributed by atoms with Crippen LogP contribution in [-0.4, -0.2) is 36.6 Å². The van der Waals surface area contributed by atoms with Crippen LogP contribution in [0.4, 0.5) is 0 Å². The van der Waals surface area contributed by atoms with E-state index in [0.29, 0.717) is 0 Å². The first-order valence-corrected chi connectivity index (χ1v) is 11.1. The number of hydrogen-bond acceptors (Lipinski definition) is 3. The van der Waals surface area contributed by atoms with Gasteiger partial charge in [0.15, 0.2) is 0 Å². The number of aromatic carboxylic acids is 1. The zero-order valence-electron chi connectivity index (χ0n) is 18.5. The number of nitrogens with zero attached hydrogens (tertiary/aromatic N) is 2. The molecule has 0 fully saturated rings. The van der Waals surface area contributed by atoms with Gasteiger partial charge in [-0.15, -0.1) is 0 Å². The molecule has 0 atom stereocenters. The normalized spacial score (nSPS) is 10.7. The third-order valence-electron chi connectivity index (χ3n) is 5.21. The SMILES string of the molecule is CCCC[N+](CCCC)(CCCC)CCCC.N#Cc1ccccc1C(=O)[O-]. The van der Waals surface area contributed by atoms with E-state index in [9.17, 15) is 9.90 Å². The molecule has 0 N–H and O–H groups in total. The maximum Gasteiger partial charge on any atom is 0.0998 e. The molecule has 0 aliphatic carbocycles. The van der Waals surface area contributed by atoms with E-state index in [-0.39, 0.29) is 11.1 Å². The first-order chi connectivity index (χ1) is 13.5. The Balaban J connectivity index is 0.000000567. The van der Waals surface area contributed by atoms with Gasteiger partial charge in [0, 0.05) is 5.56 Å². The molecule has 0 amide bonds. The average Bonchev–Trinajstić information content (AvgIpc) is 2.73. The molecule has 0 spiro atoms. The minimum absolute atomic E-state index is 0.0602. The first-order valence-electron chi connectivity index (χ1n) is 11.1. The number of benzene rings is 1. The number of hydrogen-bond donors (Lipinski definition) is 0. The van der Waals surface area contributed by atoms with Crippen molar-refractivity contribution < 1.29 is 14.4 Å². The van der Waals surface area contributed by atoms with Crippen LogP contribution >= 0.6 is 0 Å². The summed E-state index contributed by atoms with van der Waals surface area (Å²) in [6.45, 7) is 15.0. The number of nitriles is 1. The van der Waals surface area contributed by atoms with Crippen LogP contribution < -0.4 is 5.11 Å². The van der Waals surface area contributed by atoms with Crippen LogP contribution in [-0.2, 0) is 0 Å². The van der Waals surface area contributed by atoms with E-state index in [1.54, 1.807) is 18.2 Å². The highest BCUT2D eigenvalue weighted by molar-refractivity contribution is 5.88. The second kappa shape index (κ2) is 16.1. The monoisotopic (exact) mass is 388 g/mol. The lowest BCUT2D eigenvalue weighted by molar-refractivity contribution is -0.929. The Labute approximate surface area is 172 Å². The second-order valence-electron chi connectivity index (χ2n) is 7.60. The van der Waals surface area contributed by atoms with E-state index in [1.807, 2.05) is 0 Å². The molecule has 0 aliphatic rings. The Hall–Kier alpha value is -1.86. The highest BCUT2D eigenvalue weighted by Gasteiger charge is 2.24. The summed E-state index contributed by atoms with van der Waals surface area (Å²) in [7, 11) is 0. The molecule has 1 aromatic rings. The molecule has 0 saturated carbocycles. The van der Waals surface area contributed by atoms with Crippen molar-refractivity contribution in [2.75, 3.05) is 26.2 Å². The molecule has 1 rings (SSSR count). The van der Waals surface area contributed by atoms with E-state index in [4.69, 9.17) is 5.26 Å². The van der Waals surface area contributed by atoms with E-state index in [2.05, 4.69) is 27.7 Å². The maximum absolute atomic E-state index is 10.3. The molecule has 158 valence electrons. The minimum atomic E-state index is -1.32. The smallest absolute Gasteiger partial charge is 0.0998 e. The van der Waals surface area contributed by atoms with E-state index >= 15 is 0 Å². The van der Waals surface area contributed by atoms with E-state index in [1.165, 1.54) is 94.2 Å². The van der Waals surface area contributed by atoms with Crippen molar-refractivity contribution in [3.05, 3.63) is 35.4 Å². The predicted octanol–water partition coefficient (Wildman–Crippen LogP) is 4.93. The molecule has 0 bridgehead atoms. The summed E-state index contributed by atoms with van der Waals surface area (Å²) in [5.74, 6) is -1.32. The quantitative estimate of drug-likeness (QED) is 0.450. The van der Waals surface area contributed by atoms with Crippen molar-refractivity contribution in [3.63, 3.8) is 0 Å². The van der Waals surface area contributed by atoms with Crippen LogP contribution in [0.1, 0.15) is 95.0 Å². The lowest BCUT2D eigenvalue weighted by atomic mass is 10.1. The zero-order chi connectivity index (χ0) is 21.3. The second-order valence-corrected chi connectivity index (χ2v) is 7.60. The van der Waals surface area contributed by atoms with Crippen LogP contribution in [0.2, 0.25) is 0 Å². The van der Waals surface area contributed by atoms with Gasteiger partial charge in [0.1, 0.15) is 0 Å². The van der Waals surface area contributed by atoms with Gasteiger partial charge < -0.3 is 14.4 Å². The molecule has 0 saturated heterocycles. The van der Waals surface area contributed by atoms with Gasteiger partial charge in [-0.2, -0.15) is 5.26 Å². The summed E-state index contributed by atoms with van der Waals surface area (Å²) in [6.07, 6.45) is 11.1. The number of quaternary nitrogens is 1. The standard InChI is InChI=1S/C16H36N.C8H5NO2/c1-5-9-13-17(14-10-6-2,15-11-7-3)16-12-8-4;9-5-6-3-1-2-4-7(6)8(10)11/h5-16H2,1-4H3;1-4H,(H,10,11)/q+1;/p-1. The fourth-order valence-corrected chi connectivity index (χ4v) is 3.40. The average molecular weight is 389 g/mol. The number of carboxylic acids is 1. The van der Waals surface area contributed by atoms with Gasteiger partial charge in [0.2, 0.25) is 0 Å². The van der Waals surface area contributed by atoms with Crippen LogP contribution in [0.5, 0.6) is 0 Å². The van der Waals surface area contributed by atoms with Crippen molar-refractivity contribution in [2.24, 2.45) is 0 Å². The van der Waals surface area contributed by atoms with Gasteiger partial charge in [-0.05, 0) is 31.7 Å². The van der Waals surface area contributed by atoms with Crippen molar-refractivity contribution >= 4 is 5.97 Å². The molecule has 0 aromatic heterocycles. The number of unbranched alkanes of at least 4 members (excludes halogenated alkanes) is 4. The summed E-state index contributed by atoms with van der Waals surface area (Å²) in [5, 5.41) is 18.7. The summed E-state index contributed by atoms with van der Waals surface area (Å²) in [4.78, 5) is 10.3. The lowest BCUT2D eigenvalue weighted by Crippen LogP contribution is -2.50. The van der Waals surface area contributed by atoms with Gasteiger partial charge in [-0.3, -0.25) is 0 Å². The molecule has 4 nitrogen and oxygen atoms in total. The van der Waals surface area contributed by atoms with Gasteiger partial charge in [0.05, 0.1) is 43.8 Å². The minimum Gasteiger partial charge on any atom is -0.545 e. The summed E-state index contributed by atoms with van der Waals surface area (Å²) in [5.41, 5.74) is 0.0718. The number of rotatable bonds is 13. The molecule has 0 unspecified atom stereocenters. The Bertz CT molecular complexity index is 541. The molecule has 1 aromatic carbocycles. The van der Waals surface area contributed by atoms with E-state index < -0.39 is 5.97 Å². The van der Waals surface area contributed by atoms with Crippen LogP contribution in [0.3, 0.4) is 0 Å². The van der Waals surface area contributed by atoms with Crippen LogP contribution in [0, 0.1) is 11.3 Å². The Morgan fingerprint density at radius 3 is 1.54 bits per heavy atom. The Kier molecular flexibility index (Phi) is 15.1. The van der Waals surface area contributed by atoms with Crippen molar-refractivity contribution in [1.29, 1.82) is 5.26 Å². The predicted molar refractivity (Wildman–Crippen MR) is 115 cm³/mol. The number of carbonyl (C=O) groups excluding carboxylic acids is 1. The summed E-state index contributed by atoms with van der Waals surface area (Å²) >= 11 is 0. The first kappa shape index (κ1) is 26.1. The molecule has 28 heavy (non-hydrogen) atoms. The van der Waals surface area contributed by atoms with Gasteiger partial charge >= 0.3 is 0 Å². The maximum atomic E-state index is 10.3. The molecule has 0 aliphatic heterocycles. The van der Waals surface area contributed by atoms with Crippen molar-refractivity contribution in [3.8, 4) is 6.07 Å². The van der Waals surface area contributed by atoms with E-state index in [0.717, 1.165) is 0 Å². The third kappa shape index (κ3) is 10.5. The summed E-state index contributed by atoms with van der Waals surface area (Å²) < 4.78 is 1.42. The van der Waals surface area contributed by atoms with Crippen molar-refractivity contribution in [2.45, 2.75) is 79.1 Å². The van der Waals surface area contributed by atoms with Crippen LogP contribution in [0.15, 0.2) is 24.3 Å². The third-order valence-corrected chi connectivity index (χ3v) is 5.21. The van der Waals surface area contributed by atoms with Gasteiger partial charge in [-0.25, -0.2) is 0 Å².